The van der Waals surface area contributed by atoms with Gasteiger partial charge in [-0.2, -0.15) is 0 Å². The van der Waals surface area contributed by atoms with Gasteiger partial charge in [-0.1, -0.05) is 0 Å². The Bertz CT molecular complexity index is 911. The molecule has 4 amide bonds. The SMILES string of the molecule is CN1CCN(c2c(F)cc3c(c2F)C(=O)N(C2CCC(=O)NC2=O)C3=O)CC1. The summed E-state index contributed by atoms with van der Waals surface area (Å²) >= 11 is 0. The molecule has 3 aliphatic rings. The Hall–Kier alpha value is -2.88. The van der Waals surface area contributed by atoms with Crippen LogP contribution in [0.3, 0.4) is 0 Å². The van der Waals surface area contributed by atoms with Gasteiger partial charge in [-0.25, -0.2) is 8.78 Å². The molecule has 2 saturated heterocycles. The van der Waals surface area contributed by atoms with E-state index >= 15 is 4.39 Å². The van der Waals surface area contributed by atoms with Crippen LogP contribution in [0.5, 0.6) is 0 Å². The van der Waals surface area contributed by atoms with E-state index < -0.39 is 52.4 Å². The number of carbonyl (C=O) groups excluding carboxylic acids is 4. The summed E-state index contributed by atoms with van der Waals surface area (Å²) in [6.07, 6.45) is -0.0985. The largest absolute Gasteiger partial charge is 0.364 e. The topological polar surface area (TPSA) is 90.0 Å². The molecule has 1 N–H and O–H groups in total. The van der Waals surface area contributed by atoms with Gasteiger partial charge in [0.2, 0.25) is 11.8 Å². The Balaban J connectivity index is 1.71. The molecule has 28 heavy (non-hydrogen) atoms. The van der Waals surface area contributed by atoms with Crippen LogP contribution in [0.1, 0.15) is 33.6 Å². The molecule has 0 radical (unpaired) electrons. The third-order valence-electron chi connectivity index (χ3n) is 5.42. The second kappa shape index (κ2) is 6.62. The Labute approximate surface area is 159 Å². The number of rotatable bonds is 2. The standard InChI is InChI=1S/C18H18F2N4O4/c1-22-4-6-23(7-5-22)15-10(19)8-9-13(14(15)20)18(28)24(17(9)27)11-2-3-12(25)21-16(11)26/h8,11H,2-7H2,1H3,(H,21,25,26). The van der Waals surface area contributed by atoms with E-state index in [1.165, 1.54) is 4.90 Å². The second-order valence-corrected chi connectivity index (χ2v) is 7.18. The smallest absolute Gasteiger partial charge is 0.265 e. The van der Waals surface area contributed by atoms with Crippen molar-refractivity contribution in [3.63, 3.8) is 0 Å². The maximum absolute atomic E-state index is 15.2. The molecule has 10 heteroatoms. The van der Waals surface area contributed by atoms with Crippen molar-refractivity contribution in [2.75, 3.05) is 38.1 Å². The Morgan fingerprint density at radius 1 is 1.04 bits per heavy atom. The highest BCUT2D eigenvalue weighted by atomic mass is 19.1. The van der Waals surface area contributed by atoms with Gasteiger partial charge in [0.25, 0.3) is 11.8 Å². The average Bonchev–Trinajstić information content (AvgIpc) is 2.88. The van der Waals surface area contributed by atoms with Crippen LogP contribution >= 0.6 is 0 Å². The lowest BCUT2D eigenvalue weighted by molar-refractivity contribution is -0.136. The van der Waals surface area contributed by atoms with E-state index in [4.69, 9.17) is 0 Å². The van der Waals surface area contributed by atoms with Crippen LogP contribution in [0.4, 0.5) is 14.5 Å². The molecule has 1 unspecified atom stereocenters. The van der Waals surface area contributed by atoms with Gasteiger partial charge in [-0.05, 0) is 19.5 Å². The van der Waals surface area contributed by atoms with Crippen LogP contribution in [0.2, 0.25) is 0 Å². The average molecular weight is 392 g/mol. The number of fused-ring (bicyclic) bond motifs is 1. The minimum Gasteiger partial charge on any atom is -0.364 e. The second-order valence-electron chi connectivity index (χ2n) is 7.18. The predicted octanol–water partition coefficient (Wildman–Crippen LogP) is 0.118. The molecule has 3 aliphatic heterocycles. The molecular weight excluding hydrogens is 374 g/mol. The summed E-state index contributed by atoms with van der Waals surface area (Å²) in [5.41, 5.74) is -1.26. The minimum absolute atomic E-state index is 0.0484. The normalized spacial score (nSPS) is 23.3. The van der Waals surface area contributed by atoms with Crippen molar-refractivity contribution in [1.82, 2.24) is 15.1 Å². The van der Waals surface area contributed by atoms with Gasteiger partial charge >= 0.3 is 0 Å². The molecule has 3 heterocycles. The summed E-state index contributed by atoms with van der Waals surface area (Å²) in [6.45, 7) is 1.96. The van der Waals surface area contributed by atoms with Crippen LogP contribution in [0.15, 0.2) is 6.07 Å². The number of piperidine rings is 1. The third kappa shape index (κ3) is 2.75. The van der Waals surface area contributed by atoms with E-state index in [9.17, 15) is 23.6 Å². The highest BCUT2D eigenvalue weighted by molar-refractivity contribution is 6.24. The first-order valence-electron chi connectivity index (χ1n) is 8.96. The molecule has 1 aromatic carbocycles. The molecule has 0 aliphatic carbocycles. The van der Waals surface area contributed by atoms with Gasteiger partial charge in [0.1, 0.15) is 17.5 Å². The van der Waals surface area contributed by atoms with Gasteiger partial charge in [0.15, 0.2) is 5.82 Å². The van der Waals surface area contributed by atoms with Crippen LogP contribution in [0, 0.1) is 11.6 Å². The monoisotopic (exact) mass is 392 g/mol. The van der Waals surface area contributed by atoms with Gasteiger partial charge in [-0.3, -0.25) is 29.4 Å². The molecule has 148 valence electrons. The van der Waals surface area contributed by atoms with Crippen molar-refractivity contribution >= 4 is 29.3 Å². The number of nitrogens with one attached hydrogen (secondary N) is 1. The molecule has 0 aromatic heterocycles. The van der Waals surface area contributed by atoms with Crippen LogP contribution in [0.25, 0.3) is 0 Å². The minimum atomic E-state index is -1.22. The first kappa shape index (κ1) is 18.5. The summed E-state index contributed by atoms with van der Waals surface area (Å²) in [4.78, 5) is 53.0. The number of anilines is 1. The Kier molecular flexibility index (Phi) is 4.37. The number of imide groups is 2. The quantitative estimate of drug-likeness (QED) is 0.719. The van der Waals surface area contributed by atoms with Crippen LogP contribution in [-0.4, -0.2) is 72.7 Å². The molecule has 0 bridgehead atoms. The number of nitrogens with zero attached hydrogens (tertiary/aromatic N) is 3. The molecule has 2 fully saturated rings. The van der Waals surface area contributed by atoms with Crippen molar-refractivity contribution in [2.45, 2.75) is 18.9 Å². The number of halogens is 2. The number of piperazine rings is 1. The number of amides is 4. The van der Waals surface area contributed by atoms with Crippen LogP contribution < -0.4 is 10.2 Å². The van der Waals surface area contributed by atoms with E-state index in [0.29, 0.717) is 31.1 Å². The highest BCUT2D eigenvalue weighted by Crippen LogP contribution is 2.36. The lowest BCUT2D eigenvalue weighted by Gasteiger charge is -2.34. The molecule has 1 aromatic rings. The number of likely N-dealkylation sites (N-methyl/N-ethyl adjacent to an activating group) is 1. The molecule has 0 saturated carbocycles. The summed E-state index contributed by atoms with van der Waals surface area (Å²) in [6, 6.07) is -0.363. The molecule has 4 rings (SSSR count). The molecule has 0 spiro atoms. The zero-order valence-electron chi connectivity index (χ0n) is 15.1. The predicted molar refractivity (Wildman–Crippen MR) is 92.7 cm³/mol. The summed E-state index contributed by atoms with van der Waals surface area (Å²) in [5.74, 6) is -5.24. The zero-order valence-corrected chi connectivity index (χ0v) is 15.1. The van der Waals surface area contributed by atoms with E-state index in [0.717, 1.165) is 6.07 Å². The van der Waals surface area contributed by atoms with Crippen molar-refractivity contribution < 1.29 is 28.0 Å². The Morgan fingerprint density at radius 2 is 1.71 bits per heavy atom. The zero-order chi connectivity index (χ0) is 20.2. The number of carbonyl (C=O) groups is 4. The number of benzene rings is 1. The maximum Gasteiger partial charge on any atom is 0.265 e. The summed E-state index contributed by atoms with van der Waals surface area (Å²) in [5, 5.41) is 2.06. The summed E-state index contributed by atoms with van der Waals surface area (Å²) < 4.78 is 29.9. The van der Waals surface area contributed by atoms with Crippen molar-refractivity contribution in [3.8, 4) is 0 Å². The van der Waals surface area contributed by atoms with Crippen molar-refractivity contribution in [3.05, 3.63) is 28.8 Å². The highest BCUT2D eigenvalue weighted by Gasteiger charge is 2.47. The fourth-order valence-electron chi connectivity index (χ4n) is 3.86. The van der Waals surface area contributed by atoms with Crippen LogP contribution in [-0.2, 0) is 9.59 Å². The van der Waals surface area contributed by atoms with Gasteiger partial charge in [0.05, 0.1) is 11.1 Å². The molecular formula is C18H18F2N4O4. The molecule has 1 atom stereocenters. The van der Waals surface area contributed by atoms with Gasteiger partial charge in [0, 0.05) is 32.6 Å². The maximum atomic E-state index is 15.2. The fraction of sp³-hybridized carbons (Fsp3) is 0.444. The fourth-order valence-corrected chi connectivity index (χ4v) is 3.86. The van der Waals surface area contributed by atoms with E-state index in [1.54, 1.807) is 0 Å². The number of hydrogen-bond acceptors (Lipinski definition) is 6. The number of hydrogen-bond donors (Lipinski definition) is 1. The van der Waals surface area contributed by atoms with Gasteiger partial charge in [-0.15, -0.1) is 0 Å². The first-order chi connectivity index (χ1) is 13.3. The van der Waals surface area contributed by atoms with E-state index in [2.05, 4.69) is 5.32 Å². The molecule has 8 nitrogen and oxygen atoms in total. The summed E-state index contributed by atoms with van der Waals surface area (Å²) in [7, 11) is 1.90. The third-order valence-corrected chi connectivity index (χ3v) is 5.42. The lowest BCUT2D eigenvalue weighted by Crippen LogP contribution is -2.54. The van der Waals surface area contributed by atoms with Gasteiger partial charge < -0.3 is 9.80 Å². The van der Waals surface area contributed by atoms with Crippen molar-refractivity contribution in [2.24, 2.45) is 0 Å². The van der Waals surface area contributed by atoms with Crippen molar-refractivity contribution in [1.29, 1.82) is 0 Å². The van der Waals surface area contributed by atoms with E-state index in [1.807, 2.05) is 11.9 Å². The first-order valence-corrected chi connectivity index (χ1v) is 8.96. The van der Waals surface area contributed by atoms with E-state index in [-0.39, 0.29) is 18.5 Å². The lowest BCUT2D eigenvalue weighted by atomic mass is 10.0. The Morgan fingerprint density at radius 3 is 2.36 bits per heavy atom.